The first-order valence-electron chi connectivity index (χ1n) is 9.89. The number of hydrogen-bond acceptors (Lipinski definition) is 5. The van der Waals surface area contributed by atoms with Crippen LogP contribution in [0.4, 0.5) is 5.69 Å². The van der Waals surface area contributed by atoms with Crippen LogP contribution in [0.1, 0.15) is 5.56 Å². The molecule has 32 heavy (non-hydrogen) atoms. The minimum atomic E-state index is -0.165. The Morgan fingerprint density at radius 3 is 2.59 bits per heavy atom. The predicted octanol–water partition coefficient (Wildman–Crippen LogP) is 5.64. The van der Waals surface area contributed by atoms with Crippen molar-refractivity contribution in [1.29, 1.82) is 0 Å². The number of nitrogens with one attached hydrogen (secondary N) is 1. The molecular formula is C24H21ClN4O2S. The van der Waals surface area contributed by atoms with Gasteiger partial charge in [-0.1, -0.05) is 65.3 Å². The van der Waals surface area contributed by atoms with E-state index in [0.717, 1.165) is 16.8 Å². The lowest BCUT2D eigenvalue weighted by Gasteiger charge is -2.12. The second kappa shape index (κ2) is 9.89. The molecule has 4 rings (SSSR count). The zero-order valence-electron chi connectivity index (χ0n) is 17.6. The van der Waals surface area contributed by atoms with E-state index in [1.54, 1.807) is 19.2 Å². The first-order valence-corrected chi connectivity index (χ1v) is 11.3. The Kier molecular flexibility index (Phi) is 6.78. The summed E-state index contributed by atoms with van der Waals surface area (Å²) in [5.41, 5.74) is 3.52. The topological polar surface area (TPSA) is 69.0 Å². The van der Waals surface area contributed by atoms with Crippen LogP contribution in [0.25, 0.3) is 17.1 Å². The van der Waals surface area contributed by atoms with Crippen molar-refractivity contribution in [2.45, 2.75) is 12.1 Å². The summed E-state index contributed by atoms with van der Waals surface area (Å²) in [4.78, 5) is 12.6. The molecule has 0 aliphatic rings. The van der Waals surface area contributed by atoms with Gasteiger partial charge >= 0.3 is 0 Å². The molecule has 1 amide bonds. The maximum atomic E-state index is 12.6. The summed E-state index contributed by atoms with van der Waals surface area (Å²) in [6, 6.07) is 22.8. The minimum Gasteiger partial charge on any atom is -0.495 e. The largest absolute Gasteiger partial charge is 0.495 e. The molecule has 0 atom stereocenters. The van der Waals surface area contributed by atoms with Crippen LogP contribution in [0.3, 0.4) is 0 Å². The zero-order valence-corrected chi connectivity index (χ0v) is 19.2. The lowest BCUT2D eigenvalue weighted by Crippen LogP contribution is -2.15. The first kappa shape index (κ1) is 21.9. The second-order valence-electron chi connectivity index (χ2n) is 7.02. The maximum absolute atomic E-state index is 12.6. The van der Waals surface area contributed by atoms with Gasteiger partial charge in [0.15, 0.2) is 11.0 Å². The summed E-state index contributed by atoms with van der Waals surface area (Å²) in [5, 5.41) is 12.9. The van der Waals surface area contributed by atoms with Gasteiger partial charge in [0.25, 0.3) is 0 Å². The Balaban J connectivity index is 1.61. The molecule has 0 fully saturated rings. The Morgan fingerprint density at radius 2 is 1.84 bits per heavy atom. The number of methoxy groups -OCH3 is 1. The molecule has 162 valence electrons. The molecule has 0 aliphatic carbocycles. The molecule has 0 aliphatic heterocycles. The third-order valence-corrected chi connectivity index (χ3v) is 5.89. The van der Waals surface area contributed by atoms with Crippen molar-refractivity contribution in [2.24, 2.45) is 0 Å². The molecule has 1 aromatic heterocycles. The highest BCUT2D eigenvalue weighted by atomic mass is 35.5. The number of carbonyl (C=O) groups is 1. The smallest absolute Gasteiger partial charge is 0.234 e. The first-order chi connectivity index (χ1) is 15.5. The highest BCUT2D eigenvalue weighted by Gasteiger charge is 2.18. The number of hydrogen-bond donors (Lipinski definition) is 1. The fourth-order valence-corrected chi connectivity index (χ4v) is 4.11. The van der Waals surface area contributed by atoms with Crippen LogP contribution in [0.5, 0.6) is 5.75 Å². The number of para-hydroxylation sites is 2. The van der Waals surface area contributed by atoms with E-state index in [4.69, 9.17) is 16.3 Å². The van der Waals surface area contributed by atoms with Gasteiger partial charge in [-0.2, -0.15) is 0 Å². The molecule has 1 N–H and O–H groups in total. The Bertz CT molecular complexity index is 1240. The Labute approximate surface area is 195 Å². The van der Waals surface area contributed by atoms with Crippen molar-refractivity contribution >= 4 is 35.0 Å². The van der Waals surface area contributed by atoms with Gasteiger partial charge < -0.3 is 10.1 Å². The van der Waals surface area contributed by atoms with Crippen molar-refractivity contribution < 1.29 is 9.53 Å². The molecular weight excluding hydrogens is 444 g/mol. The average Bonchev–Trinajstić information content (AvgIpc) is 3.22. The van der Waals surface area contributed by atoms with Crippen LogP contribution < -0.4 is 10.1 Å². The van der Waals surface area contributed by atoms with Gasteiger partial charge in [0, 0.05) is 16.3 Å². The van der Waals surface area contributed by atoms with Crippen molar-refractivity contribution in [3.05, 3.63) is 83.4 Å². The van der Waals surface area contributed by atoms with Gasteiger partial charge in [0.05, 0.1) is 18.6 Å². The highest BCUT2D eigenvalue weighted by molar-refractivity contribution is 7.99. The van der Waals surface area contributed by atoms with Gasteiger partial charge in [-0.05, 0) is 43.3 Å². The van der Waals surface area contributed by atoms with E-state index in [2.05, 4.69) is 15.5 Å². The minimum absolute atomic E-state index is 0.164. The van der Waals surface area contributed by atoms with Crippen molar-refractivity contribution in [2.75, 3.05) is 18.2 Å². The van der Waals surface area contributed by atoms with Gasteiger partial charge in [-0.25, -0.2) is 0 Å². The predicted molar refractivity (Wildman–Crippen MR) is 129 cm³/mol. The number of aryl methyl sites for hydroxylation is 1. The fourth-order valence-electron chi connectivity index (χ4n) is 3.17. The third-order valence-electron chi connectivity index (χ3n) is 4.72. The van der Waals surface area contributed by atoms with E-state index in [1.165, 1.54) is 11.8 Å². The van der Waals surface area contributed by atoms with E-state index in [-0.39, 0.29) is 11.7 Å². The van der Waals surface area contributed by atoms with Crippen LogP contribution in [0.2, 0.25) is 5.02 Å². The number of benzene rings is 3. The van der Waals surface area contributed by atoms with Crippen LogP contribution in [-0.2, 0) is 4.79 Å². The van der Waals surface area contributed by atoms with Gasteiger partial charge in [-0.15, -0.1) is 10.2 Å². The van der Waals surface area contributed by atoms with Crippen molar-refractivity contribution in [3.8, 4) is 22.8 Å². The standard InChI is InChI=1S/C24H21ClN4O2S/c1-16-10-12-19(13-11-16)29-23(17-6-5-7-18(25)14-17)27-28-24(29)32-15-22(30)26-20-8-3-4-9-21(20)31-2/h3-14H,15H2,1-2H3,(H,26,30). The maximum Gasteiger partial charge on any atom is 0.234 e. The molecule has 8 heteroatoms. The van der Waals surface area contributed by atoms with E-state index in [9.17, 15) is 4.79 Å². The fraction of sp³-hybridized carbons (Fsp3) is 0.125. The average molecular weight is 465 g/mol. The third kappa shape index (κ3) is 4.95. The number of halogens is 1. The summed E-state index contributed by atoms with van der Waals surface area (Å²) >= 11 is 7.51. The Morgan fingerprint density at radius 1 is 1.06 bits per heavy atom. The van der Waals surface area contributed by atoms with E-state index in [0.29, 0.717) is 27.4 Å². The van der Waals surface area contributed by atoms with Crippen LogP contribution in [0, 0.1) is 6.92 Å². The van der Waals surface area contributed by atoms with E-state index in [1.807, 2.05) is 72.2 Å². The summed E-state index contributed by atoms with van der Waals surface area (Å²) < 4.78 is 7.24. The van der Waals surface area contributed by atoms with Gasteiger partial charge in [-0.3, -0.25) is 9.36 Å². The lowest BCUT2D eigenvalue weighted by atomic mass is 10.2. The summed E-state index contributed by atoms with van der Waals surface area (Å²) in [6.45, 7) is 2.03. The highest BCUT2D eigenvalue weighted by Crippen LogP contribution is 2.30. The van der Waals surface area contributed by atoms with Gasteiger partial charge in [0.2, 0.25) is 5.91 Å². The van der Waals surface area contributed by atoms with Crippen molar-refractivity contribution in [3.63, 3.8) is 0 Å². The molecule has 4 aromatic rings. The van der Waals surface area contributed by atoms with Crippen LogP contribution >= 0.6 is 23.4 Å². The number of aromatic nitrogens is 3. The molecule has 0 saturated heterocycles. The van der Waals surface area contributed by atoms with E-state index < -0.39 is 0 Å². The van der Waals surface area contributed by atoms with Gasteiger partial charge in [0.1, 0.15) is 5.75 Å². The van der Waals surface area contributed by atoms with Crippen molar-refractivity contribution in [1.82, 2.24) is 14.8 Å². The Hall–Kier alpha value is -3.29. The number of amides is 1. The summed E-state index contributed by atoms with van der Waals surface area (Å²) in [7, 11) is 1.57. The normalized spacial score (nSPS) is 10.7. The molecule has 3 aromatic carbocycles. The van der Waals surface area contributed by atoms with E-state index >= 15 is 0 Å². The molecule has 0 saturated carbocycles. The number of rotatable bonds is 7. The molecule has 6 nitrogen and oxygen atoms in total. The number of ether oxygens (including phenoxy) is 1. The molecule has 0 radical (unpaired) electrons. The number of anilines is 1. The summed E-state index contributed by atoms with van der Waals surface area (Å²) in [6.07, 6.45) is 0. The number of nitrogens with zero attached hydrogens (tertiary/aromatic N) is 3. The number of thioether (sulfide) groups is 1. The molecule has 0 unspecified atom stereocenters. The molecule has 1 heterocycles. The zero-order chi connectivity index (χ0) is 22.5. The number of carbonyl (C=O) groups excluding carboxylic acids is 1. The van der Waals surface area contributed by atoms with Crippen LogP contribution in [0.15, 0.2) is 78.0 Å². The SMILES string of the molecule is COc1ccccc1NC(=O)CSc1nnc(-c2cccc(Cl)c2)n1-c1ccc(C)cc1. The molecule has 0 spiro atoms. The quantitative estimate of drug-likeness (QED) is 0.359. The van der Waals surface area contributed by atoms with Crippen LogP contribution in [-0.4, -0.2) is 33.5 Å². The second-order valence-corrected chi connectivity index (χ2v) is 8.40. The monoisotopic (exact) mass is 464 g/mol. The summed E-state index contributed by atoms with van der Waals surface area (Å²) in [5.74, 6) is 1.26. The molecule has 0 bridgehead atoms. The lowest BCUT2D eigenvalue weighted by molar-refractivity contribution is -0.113.